The van der Waals surface area contributed by atoms with E-state index in [9.17, 15) is 0 Å². The molecule has 8 nitrogen and oxygen atoms in total. The monoisotopic (exact) mass is 701 g/mol. The zero-order chi connectivity index (χ0) is 35.7. The third-order valence-corrected chi connectivity index (χ3v) is 11.0. The highest BCUT2D eigenvalue weighted by atomic mass is 32.2. The molecule has 0 amide bonds. The summed E-state index contributed by atoms with van der Waals surface area (Å²) < 4.78 is 11.5. The van der Waals surface area contributed by atoms with Gasteiger partial charge in [-0.05, 0) is 113 Å². The molecule has 274 valence electrons. The number of hydrogen-bond acceptors (Lipinski definition) is 8. The van der Waals surface area contributed by atoms with Gasteiger partial charge in [-0.25, -0.2) is 14.6 Å². The maximum Gasteiger partial charge on any atom is 0.233 e. The number of nitrogens with one attached hydrogen (secondary N) is 1. The molecule has 1 saturated heterocycles. The number of rotatable bonds is 7. The van der Waals surface area contributed by atoms with Gasteiger partial charge in [-0.15, -0.1) is 5.10 Å². The molecule has 8 rings (SSSR count). The Hall–Kier alpha value is -3.20. The number of aromatic nitrogens is 4. The minimum atomic E-state index is -0.0225. The lowest BCUT2D eigenvalue weighted by Crippen LogP contribution is -2.39. The molecule has 0 radical (unpaired) electrons. The van der Waals surface area contributed by atoms with Crippen molar-refractivity contribution in [2.45, 2.75) is 123 Å². The first-order valence-corrected chi connectivity index (χ1v) is 20.4. The van der Waals surface area contributed by atoms with Gasteiger partial charge in [-0.1, -0.05) is 59.6 Å². The number of pyridine rings is 2. The summed E-state index contributed by atoms with van der Waals surface area (Å²) in [5, 5.41) is 5.69. The van der Waals surface area contributed by atoms with Crippen molar-refractivity contribution in [2.75, 3.05) is 36.5 Å². The van der Waals surface area contributed by atoms with Crippen LogP contribution in [-0.4, -0.2) is 52.0 Å². The fraction of sp³-hybridized carbons (Fsp3) is 0.634. The molecule has 4 bridgehead atoms. The standard InChI is InChI=1S/C34H45N7OS.C3H6.2C2H6/c1-23-27-14-15-30(41-19-16-31(37-41)42-20-17-28(25-10-11-25)26-12-13-26)36-33(27)40-22-24(21-34(40,2)3)7-6-18-39(4)29-8-5-9-32(35-29)43-38-23;1-2-3-1;2*1-2/h5,8-9,14-16,19,24-26,28,38H,1,6-7,10-13,17-18,20-22H2,2-4H3;1-3H2;2*1-2H3. The highest BCUT2D eigenvalue weighted by Crippen LogP contribution is 2.50. The minimum Gasteiger partial charge on any atom is -0.477 e. The lowest BCUT2D eigenvalue weighted by atomic mass is 9.93. The van der Waals surface area contributed by atoms with Crippen LogP contribution < -0.4 is 19.3 Å². The van der Waals surface area contributed by atoms with Gasteiger partial charge in [0.05, 0.1) is 6.61 Å². The van der Waals surface area contributed by atoms with E-state index in [0.29, 0.717) is 11.8 Å². The largest absolute Gasteiger partial charge is 0.477 e. The van der Waals surface area contributed by atoms with E-state index in [1.54, 1.807) is 0 Å². The maximum atomic E-state index is 6.15. The minimum absolute atomic E-state index is 0.0225. The van der Waals surface area contributed by atoms with E-state index in [-0.39, 0.29) is 5.54 Å². The average Bonchev–Trinajstić information content (AvgIpc) is 4.00. The van der Waals surface area contributed by atoms with Gasteiger partial charge >= 0.3 is 0 Å². The van der Waals surface area contributed by atoms with Crippen LogP contribution in [0.4, 0.5) is 11.6 Å². The van der Waals surface area contributed by atoms with Crippen molar-refractivity contribution in [3.63, 3.8) is 0 Å². The van der Waals surface area contributed by atoms with Gasteiger partial charge in [0.2, 0.25) is 5.88 Å². The van der Waals surface area contributed by atoms with Crippen LogP contribution in [0.15, 0.2) is 54.2 Å². The third-order valence-electron chi connectivity index (χ3n) is 10.2. The molecule has 1 atom stereocenters. The molecule has 2 aliphatic heterocycles. The molecule has 0 aromatic carbocycles. The molecule has 0 spiro atoms. The number of fused-ring (bicyclic) bond motifs is 6. The summed E-state index contributed by atoms with van der Waals surface area (Å²) in [6.45, 7) is 19.8. The third kappa shape index (κ3) is 10.2. The summed E-state index contributed by atoms with van der Waals surface area (Å²) in [7, 11) is 2.14. The van der Waals surface area contributed by atoms with Crippen LogP contribution in [0.3, 0.4) is 0 Å². The second-order valence-corrected chi connectivity index (χ2v) is 15.6. The molecular formula is C41H63N7OS. The van der Waals surface area contributed by atoms with Gasteiger partial charge in [0.1, 0.15) is 16.7 Å². The molecule has 3 aromatic heterocycles. The van der Waals surface area contributed by atoms with Crippen LogP contribution in [0.1, 0.15) is 118 Å². The van der Waals surface area contributed by atoms with Crippen molar-refractivity contribution in [3.8, 4) is 11.7 Å². The summed E-state index contributed by atoms with van der Waals surface area (Å²) in [5.41, 5.74) is 1.80. The highest BCUT2D eigenvalue weighted by Gasteiger charge is 2.41. The normalized spacial score (nSPS) is 20.7. The summed E-state index contributed by atoms with van der Waals surface area (Å²) in [4.78, 5) is 14.9. The van der Waals surface area contributed by atoms with Crippen LogP contribution in [-0.2, 0) is 0 Å². The Morgan fingerprint density at radius 1 is 0.920 bits per heavy atom. The summed E-state index contributed by atoms with van der Waals surface area (Å²) in [6, 6.07) is 12.3. The molecule has 3 aliphatic carbocycles. The van der Waals surface area contributed by atoms with Gasteiger partial charge in [0, 0.05) is 61.1 Å². The molecule has 9 heteroatoms. The summed E-state index contributed by atoms with van der Waals surface area (Å²) in [6.07, 6.45) is 16.7. The first kappa shape index (κ1) is 38.0. The smallest absolute Gasteiger partial charge is 0.233 e. The Bertz CT molecular complexity index is 1500. The zero-order valence-electron chi connectivity index (χ0n) is 32.0. The second kappa shape index (κ2) is 17.8. The Morgan fingerprint density at radius 2 is 1.64 bits per heavy atom. The molecule has 3 aromatic rings. The Kier molecular flexibility index (Phi) is 13.6. The van der Waals surface area contributed by atoms with Crippen LogP contribution >= 0.6 is 11.9 Å². The number of nitrogens with zero attached hydrogens (tertiary/aromatic N) is 6. The van der Waals surface area contributed by atoms with Gasteiger partial charge < -0.3 is 19.3 Å². The van der Waals surface area contributed by atoms with Crippen molar-refractivity contribution < 1.29 is 4.74 Å². The van der Waals surface area contributed by atoms with Crippen LogP contribution in [0.25, 0.3) is 11.5 Å². The lowest BCUT2D eigenvalue weighted by Gasteiger charge is -2.34. The SMILES string of the molecule is C1CC1.C=C1NSc2cccc(n2)N(C)CCCC2CN(c3nc(-n4ccc(OCCC(C5CC5)C5CC5)n4)ccc31)C(C)(C)C2.CC.CC. The Morgan fingerprint density at radius 3 is 2.32 bits per heavy atom. The first-order valence-electron chi connectivity index (χ1n) is 19.6. The number of anilines is 2. The van der Waals surface area contributed by atoms with Crippen molar-refractivity contribution >= 4 is 29.3 Å². The van der Waals surface area contributed by atoms with Crippen molar-refractivity contribution in [1.82, 2.24) is 24.5 Å². The number of ether oxygens (including phenoxy) is 1. The summed E-state index contributed by atoms with van der Waals surface area (Å²) in [5.74, 6) is 6.76. The molecule has 4 fully saturated rings. The van der Waals surface area contributed by atoms with Crippen LogP contribution in [0.2, 0.25) is 0 Å². The van der Waals surface area contributed by atoms with Gasteiger partial charge in [-0.3, -0.25) is 0 Å². The lowest BCUT2D eigenvalue weighted by molar-refractivity contribution is 0.243. The van der Waals surface area contributed by atoms with Crippen LogP contribution in [0.5, 0.6) is 5.88 Å². The van der Waals surface area contributed by atoms with E-state index in [2.05, 4.69) is 60.2 Å². The quantitative estimate of drug-likeness (QED) is 0.244. The van der Waals surface area contributed by atoms with E-state index in [1.807, 2.05) is 56.8 Å². The van der Waals surface area contributed by atoms with Gasteiger partial charge in [0.15, 0.2) is 5.82 Å². The first-order chi connectivity index (χ1) is 24.3. The van der Waals surface area contributed by atoms with E-state index in [4.69, 9.17) is 19.8 Å². The van der Waals surface area contributed by atoms with Crippen molar-refractivity contribution in [2.24, 2.45) is 23.7 Å². The maximum absolute atomic E-state index is 6.15. The zero-order valence-corrected chi connectivity index (χ0v) is 32.8. The predicted molar refractivity (Wildman–Crippen MR) is 211 cm³/mol. The molecule has 3 saturated carbocycles. The fourth-order valence-electron chi connectivity index (χ4n) is 7.25. The van der Waals surface area contributed by atoms with Crippen molar-refractivity contribution in [3.05, 3.63) is 54.7 Å². The molecular weight excluding hydrogens is 639 g/mol. The fourth-order valence-corrected chi connectivity index (χ4v) is 7.87. The van der Waals surface area contributed by atoms with E-state index < -0.39 is 0 Å². The molecule has 1 unspecified atom stereocenters. The van der Waals surface area contributed by atoms with Crippen LogP contribution in [0, 0.1) is 23.7 Å². The Labute approximate surface area is 307 Å². The molecule has 1 N–H and O–H groups in total. The van der Waals surface area contributed by atoms with E-state index in [0.717, 1.165) is 90.5 Å². The second-order valence-electron chi connectivity index (χ2n) is 14.7. The van der Waals surface area contributed by atoms with Crippen molar-refractivity contribution in [1.29, 1.82) is 0 Å². The average molecular weight is 702 g/mol. The number of hydrogen-bond donors (Lipinski definition) is 1. The Balaban J connectivity index is 0.000000639. The topological polar surface area (TPSA) is 71.3 Å². The van der Waals surface area contributed by atoms with E-state index >= 15 is 0 Å². The van der Waals surface area contributed by atoms with Gasteiger partial charge in [-0.2, -0.15) is 0 Å². The molecule has 5 heterocycles. The molecule has 5 aliphatic rings. The summed E-state index contributed by atoms with van der Waals surface area (Å²) >= 11 is 1.49. The molecule has 50 heavy (non-hydrogen) atoms. The van der Waals surface area contributed by atoms with Gasteiger partial charge in [0.25, 0.3) is 0 Å². The van der Waals surface area contributed by atoms with E-state index in [1.165, 1.54) is 63.3 Å². The predicted octanol–water partition coefficient (Wildman–Crippen LogP) is 10.2. The highest BCUT2D eigenvalue weighted by molar-refractivity contribution is 7.97.